The molecule has 28 heavy (non-hydrogen) atoms. The molecule has 2 amide bonds. The average Bonchev–Trinajstić information content (AvgIpc) is 2.64. The summed E-state index contributed by atoms with van der Waals surface area (Å²) in [5.74, 6) is -1.94. The fourth-order valence-corrected chi connectivity index (χ4v) is 2.96. The van der Waals surface area contributed by atoms with Crippen LogP contribution in [0.2, 0.25) is 0 Å². The highest BCUT2D eigenvalue weighted by molar-refractivity contribution is 5.83. The summed E-state index contributed by atoms with van der Waals surface area (Å²) in [4.78, 5) is 28.8. The number of alkyl halides is 3. The predicted octanol–water partition coefficient (Wildman–Crippen LogP) is 2.37. The molecule has 0 unspecified atom stereocenters. The predicted molar refractivity (Wildman–Crippen MR) is 92.2 cm³/mol. The lowest BCUT2D eigenvalue weighted by Gasteiger charge is -2.32. The number of likely N-dealkylation sites (tertiary alicyclic amines) is 1. The van der Waals surface area contributed by atoms with Crippen LogP contribution in [0.3, 0.4) is 0 Å². The average molecular weight is 399 g/mol. The normalized spacial score (nSPS) is 18.1. The van der Waals surface area contributed by atoms with Crippen molar-refractivity contribution in [2.45, 2.75) is 38.8 Å². The fraction of sp³-hybridized carbons (Fsp3) is 0.500. The quantitative estimate of drug-likeness (QED) is 0.745. The number of hydrogen-bond acceptors (Lipinski definition) is 4. The van der Waals surface area contributed by atoms with Crippen molar-refractivity contribution in [3.05, 3.63) is 35.2 Å². The van der Waals surface area contributed by atoms with E-state index in [0.29, 0.717) is 19.4 Å². The molecule has 0 bridgehead atoms. The van der Waals surface area contributed by atoms with Crippen LogP contribution in [0.25, 0.3) is 4.85 Å². The Kier molecular flexibility index (Phi) is 6.85. The lowest BCUT2D eigenvalue weighted by Crippen LogP contribution is -2.48. The van der Waals surface area contributed by atoms with Crippen molar-refractivity contribution in [3.8, 4) is 5.75 Å². The summed E-state index contributed by atoms with van der Waals surface area (Å²) < 4.78 is 41.7. The van der Waals surface area contributed by atoms with Crippen LogP contribution in [-0.4, -0.2) is 47.4 Å². The number of amides is 2. The summed E-state index contributed by atoms with van der Waals surface area (Å²) >= 11 is 0. The monoisotopic (exact) mass is 399 g/mol. The molecule has 2 N–H and O–H groups in total. The Hall–Kier alpha value is -2.80. The zero-order chi connectivity index (χ0) is 20.9. The molecule has 10 heteroatoms. The highest BCUT2D eigenvalue weighted by Crippen LogP contribution is 2.30. The highest BCUT2D eigenvalue weighted by Gasteiger charge is 2.33. The Balaban J connectivity index is 2.04. The molecule has 2 rings (SSSR count). The standard InChI is InChI=1S/C18H20F3N3O4/c1-11(25)17(27)24-7-3-4-13(10-24)16(26)23-9-12-5-6-14(22-2)8-15(12)28-18(19,20)21/h5-6,8,11,13,25H,3-4,7,9-10H2,1H3,(H,23,26)/t11-,13-/m1/s1. The van der Waals surface area contributed by atoms with Gasteiger partial charge in [0.2, 0.25) is 5.91 Å². The second-order valence-electron chi connectivity index (χ2n) is 6.47. The minimum atomic E-state index is -4.93. The van der Waals surface area contributed by atoms with Crippen molar-refractivity contribution in [1.29, 1.82) is 0 Å². The van der Waals surface area contributed by atoms with E-state index < -0.39 is 35.9 Å². The molecule has 0 spiro atoms. The molecule has 1 aliphatic heterocycles. The van der Waals surface area contributed by atoms with Gasteiger partial charge in [0.1, 0.15) is 11.9 Å². The first kappa shape index (κ1) is 21.5. The van der Waals surface area contributed by atoms with E-state index in [1.54, 1.807) is 0 Å². The Morgan fingerprint density at radius 2 is 2.18 bits per heavy atom. The first-order valence-corrected chi connectivity index (χ1v) is 8.61. The van der Waals surface area contributed by atoms with Crippen LogP contribution in [0.4, 0.5) is 18.9 Å². The van der Waals surface area contributed by atoms with Crippen LogP contribution in [0.15, 0.2) is 18.2 Å². The lowest BCUT2D eigenvalue weighted by molar-refractivity contribution is -0.274. The van der Waals surface area contributed by atoms with Crippen LogP contribution >= 0.6 is 0 Å². The van der Waals surface area contributed by atoms with E-state index in [9.17, 15) is 27.9 Å². The maximum atomic E-state index is 12.6. The molecule has 1 saturated heterocycles. The van der Waals surface area contributed by atoms with Gasteiger partial charge in [-0.3, -0.25) is 9.59 Å². The Labute approximate surface area is 159 Å². The molecule has 0 aliphatic carbocycles. The highest BCUT2D eigenvalue weighted by atomic mass is 19.4. The number of ether oxygens (including phenoxy) is 1. The number of aliphatic hydroxyl groups is 1. The van der Waals surface area contributed by atoms with E-state index >= 15 is 0 Å². The number of aliphatic hydroxyl groups excluding tert-OH is 1. The summed E-state index contributed by atoms with van der Waals surface area (Å²) in [6.45, 7) is 8.60. The molecule has 2 atom stereocenters. The number of benzene rings is 1. The largest absolute Gasteiger partial charge is 0.573 e. The first-order valence-electron chi connectivity index (χ1n) is 8.61. The lowest BCUT2D eigenvalue weighted by atomic mass is 9.96. The Morgan fingerprint density at radius 3 is 2.79 bits per heavy atom. The van der Waals surface area contributed by atoms with E-state index in [2.05, 4.69) is 14.9 Å². The zero-order valence-corrected chi connectivity index (χ0v) is 15.1. The van der Waals surface area contributed by atoms with Crippen molar-refractivity contribution >= 4 is 17.5 Å². The number of nitrogens with zero attached hydrogens (tertiary/aromatic N) is 2. The van der Waals surface area contributed by atoms with E-state index in [0.717, 1.165) is 6.07 Å². The van der Waals surface area contributed by atoms with E-state index in [4.69, 9.17) is 6.57 Å². The van der Waals surface area contributed by atoms with Gasteiger partial charge in [0, 0.05) is 25.2 Å². The van der Waals surface area contributed by atoms with Gasteiger partial charge in [-0.1, -0.05) is 12.1 Å². The topological polar surface area (TPSA) is 83.2 Å². The molecular formula is C18H20F3N3O4. The molecule has 0 aromatic heterocycles. The smallest absolute Gasteiger partial charge is 0.407 e. The molecule has 1 aromatic carbocycles. The molecule has 7 nitrogen and oxygen atoms in total. The SMILES string of the molecule is [C-]#[N+]c1ccc(CNC(=O)[C@@H]2CCCN(C(=O)[C@@H](C)O)C2)c(OC(F)(F)F)c1. The summed E-state index contributed by atoms with van der Waals surface area (Å²) in [6.07, 6.45) is -4.98. The first-order chi connectivity index (χ1) is 13.1. The van der Waals surface area contributed by atoms with Crippen molar-refractivity contribution in [1.82, 2.24) is 10.2 Å². The number of carbonyl (C=O) groups is 2. The number of rotatable bonds is 5. The summed E-state index contributed by atoms with van der Waals surface area (Å²) in [6, 6.07) is 3.59. The van der Waals surface area contributed by atoms with Crippen LogP contribution in [-0.2, 0) is 16.1 Å². The van der Waals surface area contributed by atoms with Crippen molar-refractivity contribution in [3.63, 3.8) is 0 Å². The molecular weight excluding hydrogens is 379 g/mol. The van der Waals surface area contributed by atoms with Crippen LogP contribution in [0.1, 0.15) is 25.3 Å². The van der Waals surface area contributed by atoms with Gasteiger partial charge < -0.3 is 20.1 Å². The van der Waals surface area contributed by atoms with Gasteiger partial charge in [-0.05, 0) is 25.8 Å². The number of carbonyl (C=O) groups excluding carboxylic acids is 2. The third-order valence-electron chi connectivity index (χ3n) is 4.32. The number of nitrogens with one attached hydrogen (secondary N) is 1. The minimum absolute atomic E-state index is 0.0196. The molecule has 1 aliphatic rings. The third-order valence-corrected chi connectivity index (χ3v) is 4.32. The Morgan fingerprint density at radius 1 is 1.46 bits per heavy atom. The summed E-state index contributed by atoms with van der Waals surface area (Å²) in [7, 11) is 0. The molecule has 1 fully saturated rings. The van der Waals surface area contributed by atoms with Crippen LogP contribution in [0.5, 0.6) is 5.75 Å². The van der Waals surface area contributed by atoms with Crippen LogP contribution in [0, 0.1) is 12.5 Å². The summed E-state index contributed by atoms with van der Waals surface area (Å²) in [5, 5.41) is 12.0. The third kappa shape index (κ3) is 5.85. The minimum Gasteiger partial charge on any atom is -0.407 e. The van der Waals surface area contributed by atoms with E-state index in [1.165, 1.54) is 24.0 Å². The maximum Gasteiger partial charge on any atom is 0.573 e. The van der Waals surface area contributed by atoms with Gasteiger partial charge in [-0.2, -0.15) is 0 Å². The Bertz CT molecular complexity index is 774. The van der Waals surface area contributed by atoms with Gasteiger partial charge in [0.25, 0.3) is 5.91 Å². The van der Waals surface area contributed by atoms with Gasteiger partial charge in [-0.15, -0.1) is 13.2 Å². The molecule has 152 valence electrons. The number of halogens is 3. The molecule has 1 heterocycles. The second-order valence-corrected chi connectivity index (χ2v) is 6.47. The molecule has 0 saturated carbocycles. The molecule has 0 radical (unpaired) electrons. The van der Waals surface area contributed by atoms with Crippen molar-refractivity contribution in [2.24, 2.45) is 5.92 Å². The van der Waals surface area contributed by atoms with Crippen molar-refractivity contribution < 1.29 is 32.6 Å². The maximum absolute atomic E-state index is 12.6. The van der Waals surface area contributed by atoms with Gasteiger partial charge >= 0.3 is 6.36 Å². The second kappa shape index (κ2) is 8.93. The zero-order valence-electron chi connectivity index (χ0n) is 15.1. The van der Waals surface area contributed by atoms with Gasteiger partial charge in [0.15, 0.2) is 5.69 Å². The van der Waals surface area contributed by atoms with E-state index in [1.807, 2.05) is 0 Å². The van der Waals surface area contributed by atoms with Gasteiger partial charge in [-0.25, -0.2) is 4.85 Å². The van der Waals surface area contributed by atoms with Crippen LogP contribution < -0.4 is 10.1 Å². The van der Waals surface area contributed by atoms with E-state index in [-0.39, 0.29) is 24.3 Å². The fourth-order valence-electron chi connectivity index (χ4n) is 2.96. The summed E-state index contributed by atoms with van der Waals surface area (Å²) in [5.41, 5.74) is 0.0553. The van der Waals surface area contributed by atoms with Gasteiger partial charge in [0.05, 0.1) is 12.5 Å². The van der Waals surface area contributed by atoms with Crippen molar-refractivity contribution in [2.75, 3.05) is 13.1 Å². The number of hydrogen-bond donors (Lipinski definition) is 2. The number of piperidine rings is 1. The molecule has 1 aromatic rings.